The second-order valence-electron chi connectivity index (χ2n) is 3.84. The first-order valence-corrected chi connectivity index (χ1v) is 6.59. The number of methoxy groups -OCH3 is 1. The van der Waals surface area contributed by atoms with Crippen molar-refractivity contribution in [2.24, 2.45) is 5.73 Å². The predicted octanol–water partition coefficient (Wildman–Crippen LogP) is 3.96. The van der Waals surface area contributed by atoms with Gasteiger partial charge in [0, 0.05) is 17.1 Å². The monoisotopic (exact) mass is 311 g/mol. The molecule has 5 heteroatoms. The quantitative estimate of drug-likeness (QED) is 0.873. The van der Waals surface area contributed by atoms with Crippen molar-refractivity contribution >= 4 is 29.5 Å². The van der Waals surface area contributed by atoms with E-state index in [1.807, 2.05) is 24.3 Å². The lowest BCUT2D eigenvalue weighted by molar-refractivity contribution is 0.112. The first-order valence-electron chi connectivity index (χ1n) is 5.84. The predicted molar refractivity (Wildman–Crippen MR) is 82.7 cm³/mol. The number of nitrogens with two attached hydrogens (primary N) is 1. The third-order valence-corrected chi connectivity index (χ3v) is 3.05. The lowest BCUT2D eigenvalue weighted by Gasteiger charge is -1.99. The van der Waals surface area contributed by atoms with Crippen LogP contribution in [0.1, 0.15) is 15.9 Å². The minimum absolute atomic E-state index is 0.391. The van der Waals surface area contributed by atoms with E-state index in [-0.39, 0.29) is 0 Å². The molecule has 0 spiro atoms. The van der Waals surface area contributed by atoms with Gasteiger partial charge in [0.2, 0.25) is 0 Å². The largest absolute Gasteiger partial charge is 0.497 e. The van der Waals surface area contributed by atoms with Crippen LogP contribution >= 0.6 is 23.2 Å². The van der Waals surface area contributed by atoms with Crippen molar-refractivity contribution in [3.05, 3.63) is 63.6 Å². The Bertz CT molecular complexity index is 533. The van der Waals surface area contributed by atoms with Crippen LogP contribution in [0.2, 0.25) is 10.0 Å². The fourth-order valence-corrected chi connectivity index (χ4v) is 1.81. The van der Waals surface area contributed by atoms with E-state index in [2.05, 4.69) is 0 Å². The Morgan fingerprint density at radius 2 is 1.80 bits per heavy atom. The first kappa shape index (κ1) is 16.5. The minimum Gasteiger partial charge on any atom is -0.497 e. The van der Waals surface area contributed by atoms with Crippen LogP contribution in [0.4, 0.5) is 0 Å². The van der Waals surface area contributed by atoms with E-state index in [4.69, 9.17) is 33.7 Å². The molecule has 2 N–H and O–H groups in total. The summed E-state index contributed by atoms with van der Waals surface area (Å²) in [5, 5.41) is 0.929. The van der Waals surface area contributed by atoms with Crippen LogP contribution in [0.15, 0.2) is 42.5 Å². The van der Waals surface area contributed by atoms with E-state index in [0.717, 1.165) is 11.3 Å². The molecule has 2 aromatic rings. The molecule has 0 saturated heterocycles. The van der Waals surface area contributed by atoms with Crippen LogP contribution in [0.5, 0.6) is 5.75 Å². The second kappa shape index (κ2) is 8.59. The second-order valence-corrected chi connectivity index (χ2v) is 4.68. The van der Waals surface area contributed by atoms with E-state index in [0.29, 0.717) is 28.4 Å². The van der Waals surface area contributed by atoms with Gasteiger partial charge in [-0.25, -0.2) is 0 Å². The number of hydrogen-bond donors (Lipinski definition) is 1. The van der Waals surface area contributed by atoms with Crippen molar-refractivity contribution in [3.63, 3.8) is 0 Å². The highest BCUT2D eigenvalue weighted by Gasteiger charge is 1.97. The standard InChI is InChI=1S/C8H11NO.C7H4Cl2O/c1-10-8-4-2-7(6-9)3-5-8;8-6-2-1-5(4-10)7(9)3-6/h2-5H,6,9H2,1H3;1-4H. The number of rotatable bonds is 3. The normalized spacial score (nSPS) is 9.40. The summed E-state index contributed by atoms with van der Waals surface area (Å²) in [4.78, 5) is 10.2. The molecule has 0 heterocycles. The van der Waals surface area contributed by atoms with Crippen molar-refractivity contribution in [1.82, 2.24) is 0 Å². The molecule has 0 amide bonds. The summed E-state index contributed by atoms with van der Waals surface area (Å²) in [6, 6.07) is 12.5. The van der Waals surface area contributed by atoms with Gasteiger partial charge in [-0.2, -0.15) is 0 Å². The van der Waals surface area contributed by atoms with E-state index >= 15 is 0 Å². The molecular weight excluding hydrogens is 297 g/mol. The maximum atomic E-state index is 10.2. The van der Waals surface area contributed by atoms with Gasteiger partial charge in [-0.05, 0) is 35.9 Å². The number of halogens is 2. The van der Waals surface area contributed by atoms with E-state index in [1.165, 1.54) is 6.07 Å². The Hall–Kier alpha value is -1.55. The molecule has 0 saturated carbocycles. The van der Waals surface area contributed by atoms with Gasteiger partial charge in [0.25, 0.3) is 0 Å². The summed E-state index contributed by atoms with van der Waals surface area (Å²) < 4.78 is 4.97. The Morgan fingerprint density at radius 3 is 2.25 bits per heavy atom. The molecule has 0 bridgehead atoms. The van der Waals surface area contributed by atoms with Gasteiger partial charge in [-0.1, -0.05) is 35.3 Å². The lowest BCUT2D eigenvalue weighted by atomic mass is 10.2. The van der Waals surface area contributed by atoms with E-state index < -0.39 is 0 Å². The Labute approximate surface area is 128 Å². The van der Waals surface area contributed by atoms with Gasteiger partial charge in [0.15, 0.2) is 6.29 Å². The molecule has 2 rings (SSSR count). The maximum Gasteiger partial charge on any atom is 0.151 e. The van der Waals surface area contributed by atoms with Crippen molar-refractivity contribution in [3.8, 4) is 5.75 Å². The third kappa shape index (κ3) is 5.21. The molecular formula is C15H15Cl2NO2. The van der Waals surface area contributed by atoms with Gasteiger partial charge in [-0.3, -0.25) is 4.79 Å². The highest BCUT2D eigenvalue weighted by Crippen LogP contribution is 2.18. The molecule has 0 aliphatic rings. The molecule has 0 aliphatic carbocycles. The van der Waals surface area contributed by atoms with Crippen LogP contribution < -0.4 is 10.5 Å². The van der Waals surface area contributed by atoms with Gasteiger partial charge < -0.3 is 10.5 Å². The number of ether oxygens (including phenoxy) is 1. The highest BCUT2D eigenvalue weighted by molar-refractivity contribution is 6.36. The Morgan fingerprint density at radius 1 is 1.15 bits per heavy atom. The molecule has 0 aliphatic heterocycles. The van der Waals surface area contributed by atoms with Crippen molar-refractivity contribution < 1.29 is 9.53 Å². The summed E-state index contributed by atoms with van der Waals surface area (Å²) in [7, 11) is 1.65. The van der Waals surface area contributed by atoms with Crippen LogP contribution in [0, 0.1) is 0 Å². The van der Waals surface area contributed by atoms with Crippen LogP contribution in [0.25, 0.3) is 0 Å². The summed E-state index contributed by atoms with van der Waals surface area (Å²) in [6.07, 6.45) is 0.693. The van der Waals surface area contributed by atoms with Gasteiger partial charge in [0.1, 0.15) is 5.75 Å². The van der Waals surface area contributed by atoms with Crippen LogP contribution in [0.3, 0.4) is 0 Å². The van der Waals surface area contributed by atoms with Gasteiger partial charge in [0.05, 0.1) is 12.1 Å². The smallest absolute Gasteiger partial charge is 0.151 e. The molecule has 0 fully saturated rings. The van der Waals surface area contributed by atoms with E-state index in [9.17, 15) is 4.79 Å². The molecule has 106 valence electrons. The first-order chi connectivity index (χ1) is 9.60. The van der Waals surface area contributed by atoms with Gasteiger partial charge >= 0.3 is 0 Å². The van der Waals surface area contributed by atoms with Crippen molar-refractivity contribution in [2.45, 2.75) is 6.54 Å². The number of hydrogen-bond acceptors (Lipinski definition) is 3. The zero-order valence-electron chi connectivity index (χ0n) is 11.0. The molecule has 0 aromatic heterocycles. The number of carbonyl (C=O) groups is 1. The Kier molecular flexibility index (Phi) is 7.09. The average Bonchev–Trinajstić information content (AvgIpc) is 2.48. The van der Waals surface area contributed by atoms with Crippen molar-refractivity contribution in [2.75, 3.05) is 7.11 Å². The molecule has 3 nitrogen and oxygen atoms in total. The fraction of sp³-hybridized carbons (Fsp3) is 0.133. The number of aldehydes is 1. The minimum atomic E-state index is 0.391. The molecule has 0 atom stereocenters. The summed E-state index contributed by atoms with van der Waals surface area (Å²) >= 11 is 11.2. The maximum absolute atomic E-state index is 10.2. The Balaban J connectivity index is 0.000000200. The summed E-state index contributed by atoms with van der Waals surface area (Å²) in [5.74, 6) is 0.872. The number of carbonyl (C=O) groups excluding carboxylic acids is 1. The lowest BCUT2D eigenvalue weighted by Crippen LogP contribution is -1.95. The molecule has 20 heavy (non-hydrogen) atoms. The topological polar surface area (TPSA) is 52.3 Å². The van der Waals surface area contributed by atoms with Crippen LogP contribution in [-0.4, -0.2) is 13.4 Å². The van der Waals surface area contributed by atoms with Crippen LogP contribution in [-0.2, 0) is 6.54 Å². The molecule has 0 unspecified atom stereocenters. The zero-order valence-corrected chi connectivity index (χ0v) is 12.5. The van der Waals surface area contributed by atoms with Gasteiger partial charge in [-0.15, -0.1) is 0 Å². The fourth-order valence-electron chi connectivity index (χ4n) is 1.36. The summed E-state index contributed by atoms with van der Waals surface area (Å²) in [6.45, 7) is 0.587. The molecule has 2 aromatic carbocycles. The summed E-state index contributed by atoms with van der Waals surface area (Å²) in [5.41, 5.74) is 6.99. The average molecular weight is 312 g/mol. The number of benzene rings is 2. The molecule has 0 radical (unpaired) electrons. The third-order valence-electron chi connectivity index (χ3n) is 2.48. The van der Waals surface area contributed by atoms with Crippen molar-refractivity contribution in [1.29, 1.82) is 0 Å². The zero-order chi connectivity index (χ0) is 15.0. The highest BCUT2D eigenvalue weighted by atomic mass is 35.5. The SMILES string of the molecule is COc1ccc(CN)cc1.O=Cc1ccc(Cl)cc1Cl. The van der Waals surface area contributed by atoms with E-state index in [1.54, 1.807) is 19.2 Å².